The molecule has 1 N–H and O–H groups in total. The molecule has 18 heavy (non-hydrogen) atoms. The summed E-state index contributed by atoms with van der Waals surface area (Å²) < 4.78 is 14.1. The molecule has 1 aromatic heterocycles. The van der Waals surface area contributed by atoms with Crippen molar-refractivity contribution in [2.75, 3.05) is 0 Å². The number of tetrazole rings is 1. The molecular formula is C11H9FN4O2. The predicted molar refractivity (Wildman–Crippen MR) is 60.8 cm³/mol. The van der Waals surface area contributed by atoms with E-state index in [0.29, 0.717) is 11.4 Å². The van der Waals surface area contributed by atoms with E-state index in [2.05, 4.69) is 15.5 Å². The van der Waals surface area contributed by atoms with Gasteiger partial charge in [-0.2, -0.15) is 4.68 Å². The van der Waals surface area contributed by atoms with Crippen molar-refractivity contribution in [3.05, 3.63) is 41.5 Å². The highest BCUT2D eigenvalue weighted by molar-refractivity contribution is 6.14. The van der Waals surface area contributed by atoms with E-state index in [-0.39, 0.29) is 5.70 Å². The lowest BCUT2D eigenvalue weighted by atomic mass is 10.2. The van der Waals surface area contributed by atoms with Crippen molar-refractivity contribution < 1.29 is 14.3 Å². The van der Waals surface area contributed by atoms with Crippen LogP contribution in [0.3, 0.4) is 0 Å². The molecule has 0 bridgehead atoms. The second kappa shape index (κ2) is 4.74. The van der Waals surface area contributed by atoms with E-state index in [1.165, 1.54) is 24.3 Å². The molecule has 0 unspecified atom stereocenters. The largest absolute Gasteiger partial charge is 0.477 e. The number of hydrogen-bond donors (Lipinski definition) is 1. The lowest BCUT2D eigenvalue weighted by Gasteiger charge is -2.02. The van der Waals surface area contributed by atoms with Crippen LogP contribution in [0.15, 0.2) is 24.3 Å². The van der Waals surface area contributed by atoms with Gasteiger partial charge in [0.2, 0.25) is 0 Å². The van der Waals surface area contributed by atoms with Crippen LogP contribution in [0.5, 0.6) is 0 Å². The van der Waals surface area contributed by atoms with Gasteiger partial charge in [-0.15, -0.1) is 5.10 Å². The molecule has 1 heterocycles. The normalized spacial score (nSPS) is 11.6. The number of halogens is 1. The van der Waals surface area contributed by atoms with Crippen molar-refractivity contribution in [3.8, 4) is 0 Å². The second-order valence-electron chi connectivity index (χ2n) is 3.53. The summed E-state index contributed by atoms with van der Waals surface area (Å²) in [6.45, 7) is 1.57. The first-order chi connectivity index (χ1) is 8.58. The molecule has 6 nitrogen and oxygen atoms in total. The predicted octanol–water partition coefficient (Wildman–Crippen LogP) is 1.20. The average Bonchev–Trinajstić information content (AvgIpc) is 2.72. The van der Waals surface area contributed by atoms with Crippen LogP contribution in [-0.2, 0) is 4.79 Å². The van der Waals surface area contributed by atoms with Crippen LogP contribution in [0.25, 0.3) is 11.8 Å². The van der Waals surface area contributed by atoms with Gasteiger partial charge in [0.15, 0.2) is 11.5 Å². The zero-order chi connectivity index (χ0) is 13.1. The van der Waals surface area contributed by atoms with Gasteiger partial charge in [0, 0.05) is 0 Å². The minimum Gasteiger partial charge on any atom is -0.477 e. The number of carboxylic acid groups (broad SMARTS) is 1. The van der Waals surface area contributed by atoms with E-state index in [1.54, 1.807) is 13.0 Å². The fourth-order valence-electron chi connectivity index (χ4n) is 1.42. The van der Waals surface area contributed by atoms with E-state index in [1.807, 2.05) is 0 Å². The van der Waals surface area contributed by atoms with Gasteiger partial charge in [0.25, 0.3) is 0 Å². The van der Waals surface area contributed by atoms with Crippen molar-refractivity contribution in [2.24, 2.45) is 0 Å². The smallest absolute Gasteiger partial charge is 0.354 e. The molecule has 0 spiro atoms. The Labute approximate surface area is 101 Å². The summed E-state index contributed by atoms with van der Waals surface area (Å²) in [5.74, 6) is -1.31. The zero-order valence-corrected chi connectivity index (χ0v) is 9.41. The number of aliphatic carboxylic acids is 1. The fourth-order valence-corrected chi connectivity index (χ4v) is 1.42. The summed E-state index contributed by atoms with van der Waals surface area (Å²) in [7, 11) is 0. The quantitative estimate of drug-likeness (QED) is 0.825. The van der Waals surface area contributed by atoms with E-state index < -0.39 is 11.8 Å². The number of aryl methyl sites for hydroxylation is 1. The van der Waals surface area contributed by atoms with Gasteiger partial charge in [-0.05, 0) is 41.1 Å². The molecule has 0 atom stereocenters. The minimum absolute atomic E-state index is 0.150. The summed E-state index contributed by atoms with van der Waals surface area (Å²) in [4.78, 5) is 11.2. The molecule has 0 amide bonds. The third kappa shape index (κ3) is 2.40. The summed E-state index contributed by atoms with van der Waals surface area (Å²) >= 11 is 0. The zero-order valence-electron chi connectivity index (χ0n) is 9.41. The number of nitrogens with zero attached hydrogens (tertiary/aromatic N) is 4. The number of aromatic nitrogens is 4. The van der Waals surface area contributed by atoms with Crippen LogP contribution in [-0.4, -0.2) is 31.3 Å². The Morgan fingerprint density at radius 3 is 2.83 bits per heavy atom. The highest BCUT2D eigenvalue weighted by Crippen LogP contribution is 2.13. The third-order valence-corrected chi connectivity index (χ3v) is 2.22. The van der Waals surface area contributed by atoms with Crippen LogP contribution >= 0.6 is 0 Å². The maximum Gasteiger partial charge on any atom is 0.354 e. The van der Waals surface area contributed by atoms with Crippen molar-refractivity contribution in [3.63, 3.8) is 0 Å². The fraction of sp³-hybridized carbons (Fsp3) is 0.0909. The van der Waals surface area contributed by atoms with Crippen molar-refractivity contribution >= 4 is 17.7 Å². The van der Waals surface area contributed by atoms with Crippen LogP contribution in [0.4, 0.5) is 4.39 Å². The number of carboxylic acids is 1. The molecule has 2 aromatic rings. The third-order valence-electron chi connectivity index (χ3n) is 2.22. The number of benzene rings is 1. The molecule has 0 aliphatic heterocycles. The van der Waals surface area contributed by atoms with Crippen molar-refractivity contribution in [1.29, 1.82) is 0 Å². The van der Waals surface area contributed by atoms with Gasteiger partial charge in [-0.1, -0.05) is 12.1 Å². The van der Waals surface area contributed by atoms with Crippen LogP contribution in [0.2, 0.25) is 0 Å². The Balaban J connectivity index is 2.49. The standard InChI is InChI=1S/C11H9FN4O2/c1-7-13-14-15-16(7)10(11(17)18)6-8-3-2-4-9(12)5-8/h2-6H,1H3,(H,17,18)/b10-6-. The lowest BCUT2D eigenvalue weighted by Crippen LogP contribution is -2.11. The Morgan fingerprint density at radius 1 is 1.50 bits per heavy atom. The number of hydrogen-bond acceptors (Lipinski definition) is 4. The molecule has 0 saturated carbocycles. The summed E-state index contributed by atoms with van der Waals surface area (Å²) in [5, 5.41) is 19.7. The molecule has 7 heteroatoms. The molecule has 0 radical (unpaired) electrons. The number of rotatable bonds is 3. The van der Waals surface area contributed by atoms with E-state index in [9.17, 15) is 9.18 Å². The lowest BCUT2D eigenvalue weighted by molar-refractivity contribution is -0.130. The molecule has 0 fully saturated rings. The number of carbonyl (C=O) groups is 1. The van der Waals surface area contributed by atoms with Crippen LogP contribution in [0, 0.1) is 12.7 Å². The molecular weight excluding hydrogens is 239 g/mol. The van der Waals surface area contributed by atoms with Gasteiger partial charge in [0.1, 0.15) is 5.82 Å². The first-order valence-electron chi connectivity index (χ1n) is 5.04. The summed E-state index contributed by atoms with van der Waals surface area (Å²) in [5.41, 5.74) is 0.269. The minimum atomic E-state index is -1.20. The van der Waals surface area contributed by atoms with Crippen molar-refractivity contribution in [2.45, 2.75) is 6.92 Å². The second-order valence-corrected chi connectivity index (χ2v) is 3.53. The Morgan fingerprint density at radius 2 is 2.28 bits per heavy atom. The van der Waals surface area contributed by atoms with Gasteiger partial charge in [-0.25, -0.2) is 9.18 Å². The van der Waals surface area contributed by atoms with Gasteiger partial charge >= 0.3 is 5.97 Å². The molecule has 0 aliphatic carbocycles. The van der Waals surface area contributed by atoms with E-state index in [0.717, 1.165) is 4.68 Å². The maximum atomic E-state index is 13.0. The van der Waals surface area contributed by atoms with E-state index >= 15 is 0 Å². The molecule has 92 valence electrons. The topological polar surface area (TPSA) is 80.9 Å². The average molecular weight is 248 g/mol. The Kier molecular flexibility index (Phi) is 3.13. The molecule has 2 rings (SSSR count). The van der Waals surface area contributed by atoms with E-state index in [4.69, 9.17) is 5.11 Å². The monoisotopic (exact) mass is 248 g/mol. The SMILES string of the molecule is Cc1nnnn1/C(=C\c1cccc(F)c1)C(=O)O. The van der Waals surface area contributed by atoms with Gasteiger partial charge in [-0.3, -0.25) is 0 Å². The molecule has 0 aliphatic rings. The van der Waals surface area contributed by atoms with Crippen molar-refractivity contribution in [1.82, 2.24) is 20.2 Å². The molecule has 0 saturated heterocycles. The maximum absolute atomic E-state index is 13.0. The molecule has 1 aromatic carbocycles. The summed E-state index contributed by atoms with van der Waals surface area (Å²) in [6, 6.07) is 5.58. The van der Waals surface area contributed by atoms with Gasteiger partial charge in [0.05, 0.1) is 0 Å². The Hall–Kier alpha value is -2.57. The summed E-state index contributed by atoms with van der Waals surface area (Å²) in [6.07, 6.45) is 1.30. The highest BCUT2D eigenvalue weighted by Gasteiger charge is 2.14. The Bertz CT molecular complexity index is 621. The van der Waals surface area contributed by atoms with Crippen LogP contribution < -0.4 is 0 Å². The van der Waals surface area contributed by atoms with Crippen LogP contribution in [0.1, 0.15) is 11.4 Å². The highest BCUT2D eigenvalue weighted by atomic mass is 19.1. The van der Waals surface area contributed by atoms with Gasteiger partial charge < -0.3 is 5.11 Å². The first kappa shape index (κ1) is 11.9. The first-order valence-corrected chi connectivity index (χ1v) is 5.04.